The number of amides is 4. The van der Waals surface area contributed by atoms with Crippen LogP contribution in [0.5, 0.6) is 11.5 Å². The second-order valence-corrected chi connectivity index (χ2v) is 41.7. The van der Waals surface area contributed by atoms with Crippen LogP contribution in [0.3, 0.4) is 0 Å². The highest BCUT2D eigenvalue weighted by Crippen LogP contribution is 2.41. The number of esters is 2. The van der Waals surface area contributed by atoms with E-state index in [0.717, 1.165) is 178 Å². The van der Waals surface area contributed by atoms with Gasteiger partial charge in [-0.25, -0.2) is 24.0 Å². The molecule has 5 aliphatic carbocycles. The topological polar surface area (TPSA) is 314 Å². The van der Waals surface area contributed by atoms with E-state index in [1.807, 2.05) is 155 Å². The Morgan fingerprint density at radius 3 is 1.24 bits per heavy atom. The molecule has 0 spiro atoms. The number of carbonyl (C=O) groups excluding carboxylic acids is 6. The molecule has 6 fully saturated rings. The lowest BCUT2D eigenvalue weighted by Gasteiger charge is -2.32. The third kappa shape index (κ3) is 28.3. The van der Waals surface area contributed by atoms with Gasteiger partial charge in [-0.1, -0.05) is 132 Å². The summed E-state index contributed by atoms with van der Waals surface area (Å²) in [4.78, 5) is 84.9. The van der Waals surface area contributed by atoms with Gasteiger partial charge in [-0.15, -0.1) is 0 Å². The molecule has 2 atom stereocenters. The summed E-state index contributed by atoms with van der Waals surface area (Å²) in [7, 11) is 6.94. The molecule has 134 heavy (non-hydrogen) atoms. The van der Waals surface area contributed by atoms with Crippen molar-refractivity contribution >= 4 is 133 Å². The zero-order valence-electron chi connectivity index (χ0n) is 79.8. The Morgan fingerprint density at radius 1 is 0.493 bits per heavy atom. The largest absolute Gasteiger partial charge is 0.512 e. The molecule has 1 saturated heterocycles. The van der Waals surface area contributed by atoms with Crippen LogP contribution in [0.25, 0.3) is 44.2 Å². The number of aryl methyl sites for hydroxylation is 4. The minimum absolute atomic E-state index is 0.00629. The van der Waals surface area contributed by atoms with Crippen molar-refractivity contribution in [3.8, 4) is 55.7 Å². The Balaban J connectivity index is 0.000000164. The van der Waals surface area contributed by atoms with E-state index in [1.165, 1.54) is 104 Å². The van der Waals surface area contributed by atoms with Crippen molar-refractivity contribution in [2.75, 3.05) is 34.8 Å². The van der Waals surface area contributed by atoms with Gasteiger partial charge in [-0.3, -0.25) is 10.2 Å². The summed E-state index contributed by atoms with van der Waals surface area (Å²) in [5, 5.41) is 26.9. The number of hydrogen-bond acceptors (Lipinski definition) is 26. The Labute approximate surface area is 822 Å². The lowest BCUT2D eigenvalue weighted by Crippen LogP contribution is -2.41. The van der Waals surface area contributed by atoms with Crippen molar-refractivity contribution in [2.24, 2.45) is 5.92 Å². The molecule has 0 unspecified atom stereocenters. The van der Waals surface area contributed by atoms with E-state index >= 15 is 0 Å². The molecule has 4 amide bonds. The monoisotopic (exact) mass is 2040 g/mol. The molecule has 0 radical (unpaired) electrons. The van der Waals surface area contributed by atoms with Gasteiger partial charge in [0.25, 0.3) is 0 Å². The highest BCUT2D eigenvalue weighted by molar-refractivity contribution is 9.10. The first-order valence-corrected chi connectivity index (χ1v) is 51.0. The number of phenols is 1. The molecular formula is C101H128BBr2N9O17S4. The van der Waals surface area contributed by atoms with Gasteiger partial charge in [0.2, 0.25) is 0 Å². The van der Waals surface area contributed by atoms with Crippen molar-refractivity contribution in [3.05, 3.63) is 190 Å². The number of aliphatic hydroxyl groups excluding tert-OH is 1. The van der Waals surface area contributed by atoms with Crippen LogP contribution >= 0.6 is 78.0 Å². The molecule has 5 heterocycles. The van der Waals surface area contributed by atoms with Crippen molar-refractivity contribution in [3.63, 3.8) is 0 Å². The summed E-state index contributed by atoms with van der Waals surface area (Å²) in [5.74, 6) is -0.113. The maximum Gasteiger partial charge on any atom is 0.494 e. The molecule has 33 heteroatoms. The number of aromatic hydroxyl groups is 1. The zero-order chi connectivity index (χ0) is 96.7. The van der Waals surface area contributed by atoms with Crippen LogP contribution in [0, 0.1) is 39.0 Å². The Hall–Kier alpha value is -9.61. The third-order valence-corrected chi connectivity index (χ3v) is 30.3. The fraction of sp³-hybridized carbons (Fsp3) is 0.495. The van der Waals surface area contributed by atoms with Gasteiger partial charge in [-0.05, 0) is 290 Å². The average Bonchev–Trinajstić information content (AvgIpc) is 1.61. The molecule has 5 saturated carbocycles. The van der Waals surface area contributed by atoms with Crippen LogP contribution in [-0.4, -0.2) is 179 Å². The van der Waals surface area contributed by atoms with E-state index in [1.54, 1.807) is 62.9 Å². The molecule has 1 aliphatic heterocycles. The Morgan fingerprint density at radius 2 is 0.858 bits per heavy atom. The number of nitrogens with zero attached hydrogens (tertiary/aromatic N) is 8. The number of hydrogen-bond donors (Lipinski definition) is 3. The summed E-state index contributed by atoms with van der Waals surface area (Å²) < 4.78 is 71.3. The predicted octanol–water partition coefficient (Wildman–Crippen LogP) is 24.4. The second kappa shape index (κ2) is 49.4. The number of nitrogens with one attached hydrogen (secondary N) is 1. The third-order valence-electron chi connectivity index (χ3n) is 25.9. The van der Waals surface area contributed by atoms with Crippen LogP contribution in [-0.2, 0) is 73.7 Å². The molecule has 26 nitrogen and oxygen atoms in total. The first kappa shape index (κ1) is 105. The number of ether oxygens (including phenoxy) is 7. The number of allylic oxidation sites excluding steroid dienone is 1. The molecule has 3 N–H and O–H groups in total. The molecule has 6 aliphatic rings. The summed E-state index contributed by atoms with van der Waals surface area (Å²) in [6, 6.07) is 39.1. The summed E-state index contributed by atoms with van der Waals surface area (Å²) in [6.45, 7) is 24.1. The number of benzene rings is 5. The highest BCUT2D eigenvalue weighted by Gasteiger charge is 2.52. The summed E-state index contributed by atoms with van der Waals surface area (Å²) >= 11 is 12.4. The molecule has 15 rings (SSSR count). The molecule has 5 aromatic carbocycles. The van der Waals surface area contributed by atoms with E-state index in [9.17, 15) is 39.0 Å². The minimum Gasteiger partial charge on any atom is -0.512 e. The second-order valence-electron chi connectivity index (χ2n) is 36.1. The van der Waals surface area contributed by atoms with E-state index in [4.69, 9.17) is 47.9 Å². The maximum absolute atomic E-state index is 12.6. The zero-order valence-corrected chi connectivity index (χ0v) is 86.3. The average molecular weight is 2040 g/mol. The lowest BCUT2D eigenvalue weighted by atomic mass is 9.78. The van der Waals surface area contributed by atoms with Gasteiger partial charge in [0.15, 0.2) is 0 Å². The Bertz CT molecular complexity index is 5290. The van der Waals surface area contributed by atoms with Crippen LogP contribution in [0.2, 0.25) is 0 Å². The normalized spacial score (nSPS) is 17.1. The van der Waals surface area contributed by atoms with Crippen molar-refractivity contribution in [1.82, 2.24) is 37.1 Å². The predicted molar refractivity (Wildman–Crippen MR) is 536 cm³/mol. The van der Waals surface area contributed by atoms with Crippen LogP contribution in [0.15, 0.2) is 142 Å². The summed E-state index contributed by atoms with van der Waals surface area (Å²) in [6.07, 6.45) is 20.3. The van der Waals surface area contributed by atoms with Gasteiger partial charge < -0.3 is 72.3 Å². The number of phenolic OH excluding ortho intramolecular Hbond substituents is 1. The van der Waals surface area contributed by atoms with E-state index < -0.39 is 13.1 Å². The van der Waals surface area contributed by atoms with E-state index in [2.05, 4.69) is 77.0 Å². The molecule has 0 bridgehead atoms. The van der Waals surface area contributed by atoms with E-state index in [-0.39, 0.29) is 122 Å². The first-order valence-electron chi connectivity index (χ1n) is 46.3. The number of aliphatic hydroxyl groups is 1. The van der Waals surface area contributed by atoms with Crippen molar-refractivity contribution < 1.29 is 81.4 Å². The maximum atomic E-state index is 12.6. The molecule has 9 aromatic rings. The van der Waals surface area contributed by atoms with Crippen LogP contribution < -0.4 is 10.2 Å². The standard InChI is InChI=1S/C28H38N2O5S.C24H33BN2O4S.C18H21BrN2O2S.C18H22N2O3S.C13H14BrNO3/c1-18(2)34-27(31)21-8-7-11-24(16-21)35-23-14-12-20(13-15-23)26-25(19(3)29-36-26)17-33-28(32)30(4)22-9-5-6-10-22;1-16-20(15-29-22(28)27(6)19-9-7-8-10-19)21(26-32-16)17-11-13-18(14-12-17)25-30-23(2,3)24(4,5)31-25;1-12-16(11-23-18(22)21(2)15-5-3-4-6-15)17(20-24-12)13-7-9-14(19)10-8-13;1-12-16(11-23-18(22)20(2)14-5-3-4-6-14)17(19-24-12)13-7-9-15(21)10-8-13;1-3-18-13(17)11(8(2)16)12(15)9-4-6-10(14)7-5-9/h12-15,18,21-22,24H,5-11,16-17H2,1-4H3;11-14,19H,7-10,15H2,1-6H3;7-10,15H,3-6,11H2,1-2H3;7-10,14,21H,3-6,11H2,1-2H3;4-7,15-16H,3H2,1-2H3/t21-,24-;;;;/m0..../s1. The van der Waals surface area contributed by atoms with Gasteiger partial charge in [0.1, 0.15) is 49.3 Å². The smallest absolute Gasteiger partial charge is 0.494 e. The Kier molecular flexibility index (Phi) is 38.7. The molecular weight excluding hydrogens is 1910 g/mol. The number of halogens is 2. The lowest BCUT2D eigenvalue weighted by molar-refractivity contribution is -0.154. The fourth-order valence-electron chi connectivity index (χ4n) is 16.9. The summed E-state index contributed by atoms with van der Waals surface area (Å²) in [5.41, 5.74) is 11.9. The van der Waals surface area contributed by atoms with Crippen LogP contribution in [0.1, 0.15) is 232 Å². The number of rotatable bonds is 25. The minimum atomic E-state index is -0.689. The number of aromatic nitrogens is 4. The van der Waals surface area contributed by atoms with Gasteiger partial charge in [0, 0.05) is 120 Å². The first-order chi connectivity index (χ1) is 64.0. The van der Waals surface area contributed by atoms with E-state index in [0.29, 0.717) is 30.1 Å². The van der Waals surface area contributed by atoms with Gasteiger partial charge >= 0.3 is 43.4 Å². The highest BCUT2D eigenvalue weighted by atomic mass is 79.9. The quantitative estimate of drug-likeness (QED) is 0.0119. The van der Waals surface area contributed by atoms with Gasteiger partial charge in [0.05, 0.1) is 69.3 Å². The SMILES string of the molecule is CCOC(=O)C(C(=N)c1ccc(Br)cc1)=C(C)O.Cc1nsc(-c2ccc(O[C@H]3CCC[C@H](C(=O)OC(C)C)C3)cc2)c1COC(=O)N(C)C1CCCC1.Cc1snc(-c2ccc(B3OC(C)(C)C(C)(C)O3)cc2)c1COC(=O)N(C)C1CCCC1.Cc1snc(-c2ccc(Br)cc2)c1COC(=O)N(C)C1CCCC1.Cc1snc(-c2ccc(O)cc2)c1COC(=O)N(C)C1CCCC1. The van der Waals surface area contributed by atoms with Crippen molar-refractivity contribution in [2.45, 2.75) is 286 Å². The van der Waals surface area contributed by atoms with Crippen LogP contribution in [0.4, 0.5) is 19.2 Å². The van der Waals surface area contributed by atoms with Crippen molar-refractivity contribution in [1.29, 1.82) is 5.41 Å². The molecule has 720 valence electrons. The fourth-order valence-corrected chi connectivity index (χ4v) is 20.5. The van der Waals surface area contributed by atoms with Gasteiger partial charge in [-0.2, -0.15) is 17.5 Å². The molecule has 4 aromatic heterocycles. The number of carbonyl (C=O) groups is 6.